The largest absolute Gasteiger partial charge is 0.330 e. The first-order valence-electron chi connectivity index (χ1n) is 11.0. The highest BCUT2D eigenvalue weighted by molar-refractivity contribution is 6.35. The number of rotatable bonds is 4. The maximum absolute atomic E-state index is 13.1. The molecule has 0 aliphatic carbocycles. The molecule has 2 aliphatic rings. The lowest BCUT2D eigenvalue weighted by Gasteiger charge is -2.42. The molecule has 7 nitrogen and oxygen atoms in total. The molecule has 0 saturated carbocycles. The van der Waals surface area contributed by atoms with Gasteiger partial charge >= 0.3 is 17.8 Å². The van der Waals surface area contributed by atoms with Gasteiger partial charge in [-0.25, -0.2) is 9.18 Å². The number of piperidine rings is 1. The minimum Gasteiger partial charge on any atom is -0.330 e. The molecule has 0 atom stereocenters. The Bertz CT molecular complexity index is 1050. The van der Waals surface area contributed by atoms with Crippen molar-refractivity contribution >= 4 is 35.1 Å². The molecule has 9 heteroatoms. The number of benzene rings is 2. The van der Waals surface area contributed by atoms with Gasteiger partial charge in [0.25, 0.3) is 0 Å². The van der Waals surface area contributed by atoms with Crippen LogP contribution in [0.25, 0.3) is 0 Å². The maximum atomic E-state index is 13.1. The summed E-state index contributed by atoms with van der Waals surface area (Å²) in [5.74, 6) is -1.39. The van der Waals surface area contributed by atoms with Gasteiger partial charge in [0.2, 0.25) is 0 Å². The molecule has 2 heterocycles. The second-order valence-electron chi connectivity index (χ2n) is 8.46. The van der Waals surface area contributed by atoms with E-state index in [-0.39, 0.29) is 24.4 Å². The lowest BCUT2D eigenvalue weighted by atomic mass is 10.0. The van der Waals surface area contributed by atoms with Crippen molar-refractivity contribution in [3.63, 3.8) is 0 Å². The van der Waals surface area contributed by atoms with Gasteiger partial charge in [0.05, 0.1) is 0 Å². The molecular weight excluding hydrogens is 447 g/mol. The minimum atomic E-state index is -0.540. The predicted molar refractivity (Wildman–Crippen MR) is 123 cm³/mol. The Labute approximate surface area is 197 Å². The van der Waals surface area contributed by atoms with Crippen LogP contribution in [-0.4, -0.2) is 64.8 Å². The molecule has 174 valence electrons. The van der Waals surface area contributed by atoms with Gasteiger partial charge in [-0.15, -0.1) is 0 Å². The van der Waals surface area contributed by atoms with Crippen LogP contribution in [0.5, 0.6) is 0 Å². The monoisotopic (exact) mass is 472 g/mol. The number of urea groups is 1. The van der Waals surface area contributed by atoms with Gasteiger partial charge in [-0.1, -0.05) is 29.8 Å². The van der Waals surface area contributed by atoms with E-state index in [2.05, 4.69) is 5.32 Å². The van der Waals surface area contributed by atoms with Crippen molar-refractivity contribution in [3.8, 4) is 0 Å². The van der Waals surface area contributed by atoms with Gasteiger partial charge in [0.15, 0.2) is 0 Å². The average Bonchev–Trinajstić information content (AvgIpc) is 2.81. The molecule has 0 unspecified atom stereocenters. The molecule has 0 aromatic heterocycles. The van der Waals surface area contributed by atoms with Crippen LogP contribution in [0.1, 0.15) is 24.0 Å². The smallest absolute Gasteiger partial charge is 0.321 e. The minimum absolute atomic E-state index is 0.0766. The van der Waals surface area contributed by atoms with Gasteiger partial charge in [-0.3, -0.25) is 9.59 Å². The molecule has 2 fully saturated rings. The lowest BCUT2D eigenvalue weighted by molar-refractivity contribution is -0.158. The van der Waals surface area contributed by atoms with Crippen molar-refractivity contribution in [1.29, 1.82) is 0 Å². The number of likely N-dealkylation sites (tertiary alicyclic amines) is 1. The molecule has 2 aromatic carbocycles. The fraction of sp³-hybridized carbons (Fsp3) is 0.375. The summed E-state index contributed by atoms with van der Waals surface area (Å²) in [7, 11) is 0. The molecule has 4 rings (SSSR count). The van der Waals surface area contributed by atoms with Crippen LogP contribution in [0.15, 0.2) is 42.5 Å². The number of hydrogen-bond acceptors (Lipinski definition) is 3. The summed E-state index contributed by atoms with van der Waals surface area (Å²) in [5, 5.41) is 3.45. The number of aryl methyl sites for hydroxylation is 1. The highest BCUT2D eigenvalue weighted by Crippen LogP contribution is 2.23. The fourth-order valence-corrected chi connectivity index (χ4v) is 4.43. The molecule has 2 saturated heterocycles. The number of hydrogen-bond donors (Lipinski definition) is 1. The van der Waals surface area contributed by atoms with Crippen molar-refractivity contribution in [2.24, 2.45) is 0 Å². The van der Waals surface area contributed by atoms with Gasteiger partial charge < -0.3 is 20.0 Å². The number of anilines is 1. The van der Waals surface area contributed by atoms with Crippen molar-refractivity contribution in [3.05, 3.63) is 64.4 Å². The summed E-state index contributed by atoms with van der Waals surface area (Å²) < 4.78 is 13.1. The van der Waals surface area contributed by atoms with E-state index in [1.54, 1.807) is 28.0 Å². The molecule has 4 amide bonds. The van der Waals surface area contributed by atoms with Crippen LogP contribution < -0.4 is 5.32 Å². The number of piperazine rings is 1. The topological polar surface area (TPSA) is 73.0 Å². The van der Waals surface area contributed by atoms with Crippen molar-refractivity contribution in [2.45, 2.75) is 32.4 Å². The van der Waals surface area contributed by atoms with Crippen LogP contribution in [0.2, 0.25) is 5.02 Å². The van der Waals surface area contributed by atoms with Gasteiger partial charge in [-0.2, -0.15) is 0 Å². The van der Waals surface area contributed by atoms with E-state index in [1.165, 1.54) is 17.0 Å². The third-order valence-electron chi connectivity index (χ3n) is 6.24. The Balaban J connectivity index is 1.29. The van der Waals surface area contributed by atoms with E-state index in [4.69, 9.17) is 11.6 Å². The highest BCUT2D eigenvalue weighted by atomic mass is 35.5. The zero-order chi connectivity index (χ0) is 23.5. The number of carbonyl (C=O) groups is 3. The summed E-state index contributed by atoms with van der Waals surface area (Å²) in [6.45, 7) is 4.04. The molecule has 0 bridgehead atoms. The zero-order valence-electron chi connectivity index (χ0n) is 18.4. The Morgan fingerprint density at radius 2 is 1.73 bits per heavy atom. The highest BCUT2D eigenvalue weighted by Gasteiger charge is 2.38. The summed E-state index contributed by atoms with van der Waals surface area (Å²) in [6, 6.07) is 11.0. The zero-order valence-corrected chi connectivity index (χ0v) is 19.1. The first-order valence-corrected chi connectivity index (χ1v) is 11.4. The number of nitrogens with zero attached hydrogens (tertiary/aromatic N) is 3. The van der Waals surface area contributed by atoms with Crippen LogP contribution in [0.4, 0.5) is 14.9 Å². The van der Waals surface area contributed by atoms with E-state index in [0.717, 1.165) is 11.1 Å². The number of nitrogens with one attached hydrogen (secondary N) is 1. The molecule has 33 heavy (non-hydrogen) atoms. The van der Waals surface area contributed by atoms with E-state index in [9.17, 15) is 18.8 Å². The first kappa shape index (κ1) is 23.0. The van der Waals surface area contributed by atoms with Crippen LogP contribution >= 0.6 is 11.6 Å². The Morgan fingerprint density at radius 3 is 2.39 bits per heavy atom. The van der Waals surface area contributed by atoms with Crippen LogP contribution in [0.3, 0.4) is 0 Å². The Morgan fingerprint density at radius 1 is 1.03 bits per heavy atom. The maximum Gasteiger partial charge on any atom is 0.321 e. The molecule has 0 spiro atoms. The van der Waals surface area contributed by atoms with Gasteiger partial charge in [-0.05, 0) is 55.2 Å². The SMILES string of the molecule is Cc1ccc(NC(=O)N2CCC(N3CCN(Cc4ccc(F)cc4)C(=O)C3=O)CC2)cc1Cl. The summed E-state index contributed by atoms with van der Waals surface area (Å²) in [5.41, 5.74) is 2.35. The van der Waals surface area contributed by atoms with E-state index in [1.807, 2.05) is 19.1 Å². The van der Waals surface area contributed by atoms with Crippen LogP contribution in [-0.2, 0) is 16.1 Å². The average molecular weight is 473 g/mol. The summed E-state index contributed by atoms with van der Waals surface area (Å²) >= 11 is 6.13. The quantitative estimate of drug-likeness (QED) is 0.690. The van der Waals surface area contributed by atoms with E-state index < -0.39 is 11.8 Å². The second-order valence-corrected chi connectivity index (χ2v) is 8.87. The number of amides is 4. The standard InChI is InChI=1S/C24H26ClFN4O3/c1-16-2-7-19(14-21(16)25)27-24(33)28-10-8-20(9-11-28)30-13-12-29(22(31)23(30)32)15-17-3-5-18(26)6-4-17/h2-7,14,20H,8-13,15H2,1H3,(H,27,33). The third-order valence-corrected chi connectivity index (χ3v) is 6.65. The Hall–Kier alpha value is -3.13. The number of carbonyl (C=O) groups excluding carboxylic acids is 3. The summed E-state index contributed by atoms with van der Waals surface area (Å²) in [6.07, 6.45) is 1.22. The third kappa shape index (κ3) is 5.27. The Kier molecular flexibility index (Phi) is 6.83. The van der Waals surface area contributed by atoms with Crippen LogP contribution in [0, 0.1) is 12.7 Å². The van der Waals surface area contributed by atoms with Gasteiger partial charge in [0, 0.05) is 49.5 Å². The molecule has 0 radical (unpaired) electrons. The van der Waals surface area contributed by atoms with E-state index in [0.29, 0.717) is 49.7 Å². The van der Waals surface area contributed by atoms with Crippen molar-refractivity contribution in [2.75, 3.05) is 31.5 Å². The normalized spacial score (nSPS) is 17.5. The molecule has 2 aromatic rings. The summed E-state index contributed by atoms with van der Waals surface area (Å²) in [4.78, 5) is 42.9. The molecule has 2 aliphatic heterocycles. The molecule has 1 N–H and O–H groups in total. The number of halogens is 2. The predicted octanol–water partition coefficient (Wildman–Crippen LogP) is 3.65. The first-order chi connectivity index (χ1) is 15.8. The van der Waals surface area contributed by atoms with Gasteiger partial charge in [0.1, 0.15) is 5.82 Å². The van der Waals surface area contributed by atoms with Crippen molar-refractivity contribution in [1.82, 2.24) is 14.7 Å². The molecular formula is C24H26ClFN4O3. The lowest BCUT2D eigenvalue weighted by Crippen LogP contribution is -2.59. The second kappa shape index (κ2) is 9.79. The van der Waals surface area contributed by atoms with Crippen molar-refractivity contribution < 1.29 is 18.8 Å². The van der Waals surface area contributed by atoms with E-state index >= 15 is 0 Å². The fourth-order valence-electron chi connectivity index (χ4n) is 4.25.